The van der Waals surface area contributed by atoms with Crippen molar-refractivity contribution in [1.29, 1.82) is 0 Å². The fourth-order valence-electron chi connectivity index (χ4n) is 3.97. The van der Waals surface area contributed by atoms with Gasteiger partial charge in [-0.3, -0.25) is 19.4 Å². The molecule has 1 N–H and O–H groups in total. The van der Waals surface area contributed by atoms with E-state index in [1.165, 1.54) is 6.92 Å². The molecule has 0 saturated carbocycles. The maximum Gasteiger partial charge on any atom is 0.193 e. The lowest BCUT2D eigenvalue weighted by Gasteiger charge is -2.34. The third-order valence-electron chi connectivity index (χ3n) is 5.64. The molecule has 0 aliphatic carbocycles. The number of hydrogen-bond donors (Lipinski definition) is 1. The summed E-state index contributed by atoms with van der Waals surface area (Å²) >= 11 is 0. The minimum atomic E-state index is -0.00854. The monoisotopic (exact) mass is 413 g/mol. The fourth-order valence-corrected chi connectivity index (χ4v) is 3.97. The number of methoxy groups -OCH3 is 1. The minimum Gasteiger partial charge on any atom is -0.497 e. The molecule has 2 aromatic rings. The molecule has 0 bridgehead atoms. The van der Waals surface area contributed by atoms with Crippen LogP contribution in [0.5, 0.6) is 11.5 Å². The van der Waals surface area contributed by atoms with Gasteiger partial charge in [0, 0.05) is 44.0 Å². The van der Waals surface area contributed by atoms with E-state index < -0.39 is 0 Å². The Bertz CT molecular complexity index is 881. The van der Waals surface area contributed by atoms with Crippen LogP contribution in [0.2, 0.25) is 0 Å². The largest absolute Gasteiger partial charge is 0.497 e. The van der Waals surface area contributed by atoms with Crippen LogP contribution in [0.25, 0.3) is 0 Å². The summed E-state index contributed by atoms with van der Waals surface area (Å²) in [6, 6.07) is 7.59. The molecule has 1 aromatic carbocycles. The van der Waals surface area contributed by atoms with Crippen molar-refractivity contribution in [1.82, 2.24) is 14.8 Å². The third kappa shape index (κ3) is 5.29. The Kier molecular flexibility index (Phi) is 7.29. The van der Waals surface area contributed by atoms with E-state index in [2.05, 4.69) is 14.8 Å². The summed E-state index contributed by atoms with van der Waals surface area (Å²) in [7, 11) is 1.65. The summed E-state index contributed by atoms with van der Waals surface area (Å²) in [6.45, 7) is 10.6. The highest BCUT2D eigenvalue weighted by molar-refractivity contribution is 6.03. The van der Waals surface area contributed by atoms with Gasteiger partial charge in [-0.1, -0.05) is 0 Å². The van der Waals surface area contributed by atoms with Gasteiger partial charge in [0.25, 0.3) is 0 Å². The van der Waals surface area contributed by atoms with Gasteiger partial charge in [-0.2, -0.15) is 0 Å². The Morgan fingerprint density at radius 1 is 1.00 bits per heavy atom. The van der Waals surface area contributed by atoms with Crippen molar-refractivity contribution in [2.45, 2.75) is 20.8 Å². The van der Waals surface area contributed by atoms with Gasteiger partial charge >= 0.3 is 0 Å². The van der Waals surface area contributed by atoms with Gasteiger partial charge in [0.2, 0.25) is 0 Å². The average molecular weight is 414 g/mol. The number of ether oxygens (including phenoxy) is 2. The second kappa shape index (κ2) is 9.91. The minimum absolute atomic E-state index is 0.00854. The standard InChI is InChI=1S/C23H31N3O4/c1-16-22(18(3)27)17(2)24-23(16)21(28)15-26-11-9-25(10-12-26)13-14-30-20-7-5-19(29-4)6-8-20/h5-8,24H,9-15H2,1-4H3. The van der Waals surface area contributed by atoms with Crippen LogP contribution in [0, 0.1) is 13.8 Å². The van der Waals surface area contributed by atoms with Crippen molar-refractivity contribution in [2.75, 3.05) is 53.0 Å². The number of piperazine rings is 1. The summed E-state index contributed by atoms with van der Waals surface area (Å²) in [4.78, 5) is 32.2. The van der Waals surface area contributed by atoms with Crippen LogP contribution in [-0.2, 0) is 0 Å². The van der Waals surface area contributed by atoms with Crippen molar-refractivity contribution in [2.24, 2.45) is 0 Å². The smallest absolute Gasteiger partial charge is 0.193 e. The molecule has 0 radical (unpaired) electrons. The molecule has 3 rings (SSSR count). The molecular weight excluding hydrogens is 382 g/mol. The van der Waals surface area contributed by atoms with Crippen molar-refractivity contribution in [3.63, 3.8) is 0 Å². The molecule has 162 valence electrons. The number of aromatic amines is 1. The SMILES string of the molecule is COc1ccc(OCCN2CCN(CC(=O)c3[nH]c(C)c(C(C)=O)c3C)CC2)cc1. The number of ketones is 2. The first-order valence-electron chi connectivity index (χ1n) is 10.3. The second-order valence-electron chi connectivity index (χ2n) is 7.75. The Morgan fingerprint density at radius 3 is 2.17 bits per heavy atom. The summed E-state index contributed by atoms with van der Waals surface area (Å²) in [5.74, 6) is 1.68. The van der Waals surface area contributed by atoms with Crippen LogP contribution in [0.3, 0.4) is 0 Å². The third-order valence-corrected chi connectivity index (χ3v) is 5.64. The quantitative estimate of drug-likeness (QED) is 0.637. The number of nitrogens with zero attached hydrogens (tertiary/aromatic N) is 2. The van der Waals surface area contributed by atoms with E-state index in [-0.39, 0.29) is 11.6 Å². The van der Waals surface area contributed by atoms with E-state index in [4.69, 9.17) is 9.47 Å². The molecule has 2 heterocycles. The highest BCUT2D eigenvalue weighted by Crippen LogP contribution is 2.20. The molecule has 7 nitrogen and oxygen atoms in total. The molecule has 1 fully saturated rings. The number of H-pyrrole nitrogens is 1. The van der Waals surface area contributed by atoms with Crippen LogP contribution in [0.15, 0.2) is 24.3 Å². The van der Waals surface area contributed by atoms with Crippen LogP contribution < -0.4 is 9.47 Å². The Balaban J connectivity index is 1.42. The number of carbonyl (C=O) groups is 2. The summed E-state index contributed by atoms with van der Waals surface area (Å²) in [6.07, 6.45) is 0. The first-order chi connectivity index (χ1) is 14.4. The van der Waals surface area contributed by atoms with Crippen LogP contribution in [0.1, 0.15) is 39.0 Å². The van der Waals surface area contributed by atoms with E-state index >= 15 is 0 Å². The topological polar surface area (TPSA) is 74.9 Å². The van der Waals surface area contributed by atoms with E-state index in [1.54, 1.807) is 7.11 Å². The van der Waals surface area contributed by atoms with Crippen LogP contribution in [0.4, 0.5) is 0 Å². The predicted molar refractivity (Wildman–Crippen MR) is 116 cm³/mol. The van der Waals surface area contributed by atoms with Gasteiger partial charge in [-0.15, -0.1) is 0 Å². The van der Waals surface area contributed by atoms with Crippen molar-refractivity contribution in [3.05, 3.63) is 46.8 Å². The highest BCUT2D eigenvalue weighted by atomic mass is 16.5. The summed E-state index contributed by atoms with van der Waals surface area (Å²) in [5, 5.41) is 0. The lowest BCUT2D eigenvalue weighted by molar-refractivity contribution is 0.0826. The van der Waals surface area contributed by atoms with E-state index in [0.29, 0.717) is 24.4 Å². The molecular formula is C23H31N3O4. The highest BCUT2D eigenvalue weighted by Gasteiger charge is 2.23. The number of nitrogens with one attached hydrogen (secondary N) is 1. The number of hydrogen-bond acceptors (Lipinski definition) is 6. The molecule has 1 aliphatic rings. The van der Waals surface area contributed by atoms with Crippen LogP contribution >= 0.6 is 0 Å². The van der Waals surface area contributed by atoms with E-state index in [0.717, 1.165) is 55.5 Å². The Morgan fingerprint density at radius 2 is 1.60 bits per heavy atom. The number of benzene rings is 1. The maximum absolute atomic E-state index is 12.8. The lowest BCUT2D eigenvalue weighted by Crippen LogP contribution is -2.48. The Labute approximate surface area is 178 Å². The zero-order valence-corrected chi connectivity index (χ0v) is 18.3. The number of aryl methyl sites for hydroxylation is 1. The molecule has 1 aliphatic heterocycles. The van der Waals surface area contributed by atoms with Crippen LogP contribution in [-0.4, -0.2) is 79.3 Å². The van der Waals surface area contributed by atoms with Crippen molar-refractivity contribution in [3.8, 4) is 11.5 Å². The normalized spacial score (nSPS) is 15.2. The van der Waals surface area contributed by atoms with Gasteiger partial charge in [-0.25, -0.2) is 0 Å². The second-order valence-corrected chi connectivity index (χ2v) is 7.75. The zero-order chi connectivity index (χ0) is 21.7. The lowest BCUT2D eigenvalue weighted by atomic mass is 10.1. The molecule has 0 unspecified atom stereocenters. The van der Waals surface area contributed by atoms with E-state index in [1.807, 2.05) is 38.1 Å². The first kappa shape index (κ1) is 22.1. The summed E-state index contributed by atoms with van der Waals surface area (Å²) in [5.41, 5.74) is 2.73. The number of rotatable bonds is 9. The summed E-state index contributed by atoms with van der Waals surface area (Å²) < 4.78 is 11.0. The molecule has 1 aromatic heterocycles. The average Bonchev–Trinajstić information content (AvgIpc) is 3.04. The van der Waals surface area contributed by atoms with Crippen molar-refractivity contribution < 1.29 is 19.1 Å². The first-order valence-corrected chi connectivity index (χ1v) is 10.3. The fraction of sp³-hybridized carbons (Fsp3) is 0.478. The predicted octanol–water partition coefficient (Wildman–Crippen LogP) is 2.72. The van der Waals surface area contributed by atoms with Crippen molar-refractivity contribution >= 4 is 11.6 Å². The Hall–Kier alpha value is -2.64. The van der Waals surface area contributed by atoms with Gasteiger partial charge in [-0.05, 0) is 50.6 Å². The van der Waals surface area contributed by atoms with Gasteiger partial charge in [0.05, 0.1) is 19.3 Å². The number of Topliss-reactive ketones (excluding diaryl/α,β-unsaturated/α-hetero) is 2. The molecule has 1 saturated heterocycles. The number of aromatic nitrogens is 1. The number of carbonyl (C=O) groups excluding carboxylic acids is 2. The molecule has 0 amide bonds. The zero-order valence-electron chi connectivity index (χ0n) is 18.3. The molecule has 7 heteroatoms. The van der Waals surface area contributed by atoms with Gasteiger partial charge < -0.3 is 14.5 Å². The molecule has 30 heavy (non-hydrogen) atoms. The molecule has 0 atom stereocenters. The van der Waals surface area contributed by atoms with Gasteiger partial charge in [0.15, 0.2) is 11.6 Å². The van der Waals surface area contributed by atoms with E-state index in [9.17, 15) is 9.59 Å². The maximum atomic E-state index is 12.8. The van der Waals surface area contributed by atoms with Gasteiger partial charge in [0.1, 0.15) is 18.1 Å². The molecule has 0 spiro atoms.